The molecule has 144 valence electrons. The number of amides is 1. The Kier molecular flexibility index (Phi) is 5.46. The smallest absolute Gasteiger partial charge is 0.410 e. The van der Waals surface area contributed by atoms with E-state index in [1.54, 1.807) is 11.0 Å². The van der Waals surface area contributed by atoms with Crippen molar-refractivity contribution < 1.29 is 9.53 Å². The van der Waals surface area contributed by atoms with E-state index >= 15 is 0 Å². The maximum atomic E-state index is 12.4. The second-order valence-electron chi connectivity index (χ2n) is 8.01. The average Bonchev–Trinajstić information content (AvgIpc) is 3.07. The monoisotopic (exact) mass is 381 g/mol. The minimum atomic E-state index is -0.487. The van der Waals surface area contributed by atoms with Crippen LogP contribution < -0.4 is 9.80 Å². The third kappa shape index (κ3) is 4.50. The summed E-state index contributed by atoms with van der Waals surface area (Å²) in [5.41, 5.74) is -0.487. The lowest BCUT2D eigenvalue weighted by molar-refractivity contribution is 0.0158. The minimum Gasteiger partial charge on any atom is -0.444 e. The van der Waals surface area contributed by atoms with Gasteiger partial charge in [-0.15, -0.1) is 0 Å². The van der Waals surface area contributed by atoms with Gasteiger partial charge >= 0.3 is 6.09 Å². The van der Waals surface area contributed by atoms with Gasteiger partial charge in [0, 0.05) is 44.8 Å². The van der Waals surface area contributed by atoms with E-state index in [1.807, 2.05) is 27.7 Å². The number of rotatable bonds is 2. The third-order valence-electron chi connectivity index (χ3n) is 4.64. The zero-order valence-electron chi connectivity index (χ0n) is 16.0. The van der Waals surface area contributed by atoms with Gasteiger partial charge in [-0.2, -0.15) is 4.98 Å². The highest BCUT2D eigenvalue weighted by Crippen LogP contribution is 2.25. The van der Waals surface area contributed by atoms with Crippen LogP contribution in [0.3, 0.4) is 0 Å². The van der Waals surface area contributed by atoms with Crippen LogP contribution in [0.4, 0.5) is 16.6 Å². The molecular weight excluding hydrogens is 354 g/mol. The molecule has 0 spiro atoms. The first-order valence-electron chi connectivity index (χ1n) is 9.27. The minimum absolute atomic E-state index is 0.0302. The van der Waals surface area contributed by atoms with Gasteiger partial charge in [-0.3, -0.25) is 0 Å². The number of aromatic nitrogens is 2. The molecule has 0 N–H and O–H groups in total. The van der Waals surface area contributed by atoms with Gasteiger partial charge in [0.25, 0.3) is 0 Å². The molecule has 0 unspecified atom stereocenters. The normalized spacial score (nSPS) is 21.3. The largest absolute Gasteiger partial charge is 0.444 e. The molecule has 0 bridgehead atoms. The molecule has 1 amide bonds. The van der Waals surface area contributed by atoms with Crippen molar-refractivity contribution in [3.63, 3.8) is 0 Å². The first-order chi connectivity index (χ1) is 12.2. The average molecular weight is 382 g/mol. The van der Waals surface area contributed by atoms with Crippen LogP contribution in [0.2, 0.25) is 5.15 Å². The number of carbonyl (C=O) groups excluding carboxylic acids is 1. The van der Waals surface area contributed by atoms with E-state index in [-0.39, 0.29) is 12.1 Å². The second-order valence-corrected chi connectivity index (χ2v) is 8.40. The van der Waals surface area contributed by atoms with Crippen molar-refractivity contribution in [3.05, 3.63) is 11.2 Å². The number of anilines is 2. The molecule has 2 saturated heterocycles. The van der Waals surface area contributed by atoms with Crippen LogP contribution in [0.15, 0.2) is 6.07 Å². The Morgan fingerprint density at radius 2 is 1.85 bits per heavy atom. The van der Waals surface area contributed by atoms with E-state index in [1.165, 1.54) is 0 Å². The molecule has 0 aromatic carbocycles. The van der Waals surface area contributed by atoms with Crippen molar-refractivity contribution in [2.24, 2.45) is 0 Å². The van der Waals surface area contributed by atoms with Gasteiger partial charge in [0.05, 0.1) is 0 Å². The van der Waals surface area contributed by atoms with Crippen LogP contribution in [-0.2, 0) is 4.74 Å². The molecule has 26 heavy (non-hydrogen) atoms. The molecule has 0 radical (unpaired) electrons. The first kappa shape index (κ1) is 19.0. The summed E-state index contributed by atoms with van der Waals surface area (Å²) in [6, 6.07) is 1.83. The van der Waals surface area contributed by atoms with Gasteiger partial charge in [-0.05, 0) is 40.5 Å². The topological polar surface area (TPSA) is 61.8 Å². The van der Waals surface area contributed by atoms with Crippen molar-refractivity contribution in [3.8, 4) is 0 Å². The Balaban J connectivity index is 1.69. The van der Waals surface area contributed by atoms with Crippen LogP contribution >= 0.6 is 11.6 Å². The van der Waals surface area contributed by atoms with Crippen LogP contribution in [0, 0.1) is 0 Å². The molecule has 1 aromatic rings. The maximum Gasteiger partial charge on any atom is 0.410 e. The zero-order valence-corrected chi connectivity index (χ0v) is 16.8. The first-order valence-corrected chi connectivity index (χ1v) is 9.65. The highest BCUT2D eigenvalue weighted by atomic mass is 35.5. The summed E-state index contributed by atoms with van der Waals surface area (Å²) < 4.78 is 5.51. The molecule has 7 nitrogen and oxygen atoms in total. The molecule has 0 aliphatic carbocycles. The number of hydrogen-bond donors (Lipinski definition) is 0. The Bertz CT molecular complexity index is 657. The Morgan fingerprint density at radius 1 is 1.15 bits per heavy atom. The lowest BCUT2D eigenvalue weighted by Gasteiger charge is -2.40. The maximum absolute atomic E-state index is 12.4. The molecule has 1 atom stereocenters. The summed E-state index contributed by atoms with van der Waals surface area (Å²) in [6.45, 7) is 11.6. The van der Waals surface area contributed by atoms with Gasteiger partial charge in [-0.1, -0.05) is 11.6 Å². The van der Waals surface area contributed by atoms with Crippen molar-refractivity contribution in [1.29, 1.82) is 0 Å². The van der Waals surface area contributed by atoms with Crippen LogP contribution in [0.5, 0.6) is 0 Å². The molecule has 1 aromatic heterocycles. The summed E-state index contributed by atoms with van der Waals surface area (Å²) in [4.78, 5) is 27.6. The fourth-order valence-electron chi connectivity index (χ4n) is 3.37. The van der Waals surface area contributed by atoms with E-state index in [0.29, 0.717) is 30.7 Å². The SMILES string of the molecule is C[C@H]1CN(c2cc(Cl)nc(N3CCCC3)n2)CCN1C(=O)OC(C)(C)C. The molecule has 2 fully saturated rings. The number of nitrogens with zero attached hydrogens (tertiary/aromatic N) is 5. The summed E-state index contributed by atoms with van der Waals surface area (Å²) >= 11 is 6.25. The third-order valence-corrected chi connectivity index (χ3v) is 4.83. The van der Waals surface area contributed by atoms with Crippen LogP contribution in [0.1, 0.15) is 40.5 Å². The van der Waals surface area contributed by atoms with E-state index < -0.39 is 5.60 Å². The van der Waals surface area contributed by atoms with Crippen molar-refractivity contribution in [2.75, 3.05) is 42.5 Å². The van der Waals surface area contributed by atoms with Crippen molar-refractivity contribution in [1.82, 2.24) is 14.9 Å². The lowest BCUT2D eigenvalue weighted by atomic mass is 10.2. The molecule has 0 saturated carbocycles. The van der Waals surface area contributed by atoms with E-state index in [9.17, 15) is 4.79 Å². The summed E-state index contributed by atoms with van der Waals surface area (Å²) in [5.74, 6) is 1.52. The zero-order chi connectivity index (χ0) is 18.9. The quantitative estimate of drug-likeness (QED) is 0.733. The number of hydrogen-bond acceptors (Lipinski definition) is 6. The van der Waals surface area contributed by atoms with E-state index in [4.69, 9.17) is 21.3 Å². The van der Waals surface area contributed by atoms with Gasteiger partial charge in [-0.25, -0.2) is 9.78 Å². The number of carbonyl (C=O) groups is 1. The van der Waals surface area contributed by atoms with Crippen LogP contribution in [-0.4, -0.2) is 65.3 Å². The van der Waals surface area contributed by atoms with Crippen molar-refractivity contribution >= 4 is 29.5 Å². The summed E-state index contributed by atoms with van der Waals surface area (Å²) in [5, 5.41) is 0.458. The van der Waals surface area contributed by atoms with Gasteiger partial charge < -0.3 is 19.4 Å². The number of halogens is 1. The van der Waals surface area contributed by atoms with Gasteiger partial charge in [0.1, 0.15) is 16.6 Å². The predicted molar refractivity (Wildman–Crippen MR) is 103 cm³/mol. The van der Waals surface area contributed by atoms with E-state index in [0.717, 1.165) is 31.7 Å². The number of piperazine rings is 1. The molecule has 2 aliphatic rings. The molecule has 8 heteroatoms. The van der Waals surface area contributed by atoms with Crippen molar-refractivity contribution in [2.45, 2.75) is 52.2 Å². The second kappa shape index (κ2) is 7.47. The van der Waals surface area contributed by atoms with Gasteiger partial charge in [0.2, 0.25) is 5.95 Å². The fourth-order valence-corrected chi connectivity index (χ4v) is 3.55. The predicted octanol–water partition coefficient (Wildman–Crippen LogP) is 3.18. The molecule has 2 aliphatic heterocycles. The highest BCUT2D eigenvalue weighted by molar-refractivity contribution is 6.29. The van der Waals surface area contributed by atoms with Gasteiger partial charge in [0.15, 0.2) is 0 Å². The molecule has 3 rings (SSSR count). The van der Waals surface area contributed by atoms with E-state index in [2.05, 4.69) is 14.8 Å². The lowest BCUT2D eigenvalue weighted by Crippen LogP contribution is -2.55. The summed E-state index contributed by atoms with van der Waals surface area (Å²) in [7, 11) is 0. The summed E-state index contributed by atoms with van der Waals surface area (Å²) in [6.07, 6.45) is 2.07. The Morgan fingerprint density at radius 3 is 2.46 bits per heavy atom. The van der Waals surface area contributed by atoms with Crippen LogP contribution in [0.25, 0.3) is 0 Å². The molecular formula is C18H28ClN5O2. The Labute approximate surface area is 160 Å². The Hall–Kier alpha value is -1.76. The highest BCUT2D eigenvalue weighted by Gasteiger charge is 2.31. The molecule has 3 heterocycles. The number of ether oxygens (including phenoxy) is 1. The fraction of sp³-hybridized carbons (Fsp3) is 0.722. The standard InChI is InChI=1S/C18H28ClN5O2/c1-13-12-23(9-10-24(13)17(25)26-18(2,3)4)15-11-14(19)20-16(21-15)22-7-5-6-8-22/h11,13H,5-10,12H2,1-4H3/t13-/m0/s1.